The van der Waals surface area contributed by atoms with Crippen molar-refractivity contribution in [2.45, 2.75) is 12.4 Å². The molecule has 1 aliphatic heterocycles. The van der Waals surface area contributed by atoms with Gasteiger partial charge in [-0.1, -0.05) is 45.4 Å². The van der Waals surface area contributed by atoms with Gasteiger partial charge in [0.1, 0.15) is 5.75 Å². The molecule has 1 atom stereocenters. The van der Waals surface area contributed by atoms with Crippen LogP contribution in [0.25, 0.3) is 6.08 Å². The summed E-state index contributed by atoms with van der Waals surface area (Å²) in [5.74, 6) is -0.0576. The lowest BCUT2D eigenvalue weighted by Crippen LogP contribution is -2.31. The van der Waals surface area contributed by atoms with Crippen molar-refractivity contribution in [2.24, 2.45) is 0 Å². The molecule has 3 rings (SSSR count). The number of rotatable bonds is 3. The van der Waals surface area contributed by atoms with Gasteiger partial charge in [-0.15, -0.1) is 0 Å². The number of carbonyl (C=O) groups is 1. The van der Waals surface area contributed by atoms with E-state index < -0.39 is 0 Å². The van der Waals surface area contributed by atoms with Crippen LogP contribution >= 0.6 is 39.3 Å². The second-order valence-corrected chi connectivity index (χ2v) is 7.79. The molecule has 0 radical (unpaired) electrons. The lowest BCUT2D eigenvalue weighted by molar-refractivity contribution is -0.116. The minimum absolute atomic E-state index is 0.126. The maximum Gasteiger partial charge on any atom is 0.260 e. The predicted octanol–water partition coefficient (Wildman–Crippen LogP) is 4.72. The summed E-state index contributed by atoms with van der Waals surface area (Å²) in [5, 5.41) is 16.7. The van der Waals surface area contributed by atoms with E-state index in [2.05, 4.69) is 26.6 Å². The summed E-state index contributed by atoms with van der Waals surface area (Å²) in [4.78, 5) is 12.7. The lowest BCUT2D eigenvalue weighted by Gasteiger charge is -2.15. The average Bonchev–Trinajstić information content (AvgIpc) is 2.86. The highest BCUT2D eigenvalue weighted by molar-refractivity contribution is 9.10. The lowest BCUT2D eigenvalue weighted by atomic mass is 10.2. The Labute approximate surface area is 157 Å². The van der Waals surface area contributed by atoms with Crippen LogP contribution in [-0.4, -0.2) is 16.5 Å². The molecule has 1 heterocycles. The van der Waals surface area contributed by atoms with Crippen LogP contribution in [0.3, 0.4) is 0 Å². The molecule has 3 N–H and O–H groups in total. The smallest absolute Gasteiger partial charge is 0.260 e. The number of thioether (sulfide) groups is 1. The first-order valence-corrected chi connectivity index (χ1v) is 9.18. The number of benzene rings is 2. The number of hydrogen-bond donors (Lipinski definition) is 3. The molecule has 2 aromatic rings. The molecular formula is C17H14BrClN2O2S. The summed E-state index contributed by atoms with van der Waals surface area (Å²) in [5.41, 5.74) is 2.19. The maximum atomic E-state index is 12.2. The van der Waals surface area contributed by atoms with Crippen molar-refractivity contribution in [1.29, 1.82) is 0 Å². The monoisotopic (exact) mass is 424 g/mol. The Balaban J connectivity index is 1.79. The summed E-state index contributed by atoms with van der Waals surface area (Å²) in [6.07, 6.45) is 1.67. The maximum absolute atomic E-state index is 12.2. The molecule has 0 saturated carbocycles. The van der Waals surface area contributed by atoms with Gasteiger partial charge in [-0.2, -0.15) is 0 Å². The number of hydrogen-bond acceptors (Lipinski definition) is 4. The fourth-order valence-corrected chi connectivity index (χ4v) is 3.76. The van der Waals surface area contributed by atoms with Crippen LogP contribution < -0.4 is 10.6 Å². The fourth-order valence-electron chi connectivity index (χ4n) is 2.24. The van der Waals surface area contributed by atoms with Crippen LogP contribution in [0.4, 0.5) is 5.69 Å². The first-order valence-electron chi connectivity index (χ1n) is 7.13. The van der Waals surface area contributed by atoms with E-state index >= 15 is 0 Å². The van der Waals surface area contributed by atoms with Crippen molar-refractivity contribution in [3.8, 4) is 5.75 Å². The van der Waals surface area contributed by atoms with Crippen LogP contribution in [0, 0.1) is 6.92 Å². The van der Waals surface area contributed by atoms with Gasteiger partial charge in [0.15, 0.2) is 5.50 Å². The summed E-state index contributed by atoms with van der Waals surface area (Å²) in [6.45, 7) is 1.97. The Morgan fingerprint density at radius 3 is 2.92 bits per heavy atom. The number of aryl methyl sites for hydroxylation is 1. The molecule has 24 heavy (non-hydrogen) atoms. The quantitative estimate of drug-likeness (QED) is 0.623. The molecule has 0 spiro atoms. The van der Waals surface area contributed by atoms with E-state index in [9.17, 15) is 9.90 Å². The zero-order chi connectivity index (χ0) is 17.3. The van der Waals surface area contributed by atoms with Gasteiger partial charge in [-0.05, 0) is 48.9 Å². The number of halogens is 2. The number of anilines is 1. The van der Waals surface area contributed by atoms with Crippen molar-refractivity contribution >= 4 is 57.0 Å². The standard InChI is InChI=1S/C17H14BrClN2O2S/c1-9-2-4-12(19)8-13(9)20-17-21-16(23)15(24-17)7-10-6-11(18)3-5-14(10)22/h2-8,17,20,22H,1H3,(H,21,23)/b15-7-. The zero-order valence-electron chi connectivity index (χ0n) is 12.6. The number of aromatic hydroxyl groups is 1. The number of carbonyl (C=O) groups excluding carboxylic acids is 1. The largest absolute Gasteiger partial charge is 0.507 e. The number of amides is 1. The molecule has 0 aliphatic carbocycles. The minimum atomic E-state index is -0.296. The van der Waals surface area contributed by atoms with E-state index in [1.165, 1.54) is 11.8 Å². The second-order valence-electron chi connectivity index (χ2n) is 5.29. The third-order valence-corrected chi connectivity index (χ3v) is 5.25. The molecule has 1 unspecified atom stereocenters. The molecule has 0 aromatic heterocycles. The summed E-state index contributed by atoms with van der Waals surface area (Å²) in [7, 11) is 0. The highest BCUT2D eigenvalue weighted by Crippen LogP contribution is 2.33. The Bertz CT molecular complexity index is 841. The van der Waals surface area contributed by atoms with E-state index in [1.54, 1.807) is 24.3 Å². The zero-order valence-corrected chi connectivity index (χ0v) is 15.8. The molecule has 1 saturated heterocycles. The van der Waals surface area contributed by atoms with Gasteiger partial charge in [-0.3, -0.25) is 4.79 Å². The minimum Gasteiger partial charge on any atom is -0.507 e. The van der Waals surface area contributed by atoms with Gasteiger partial charge in [0.05, 0.1) is 4.91 Å². The highest BCUT2D eigenvalue weighted by Gasteiger charge is 2.27. The van der Waals surface area contributed by atoms with Gasteiger partial charge in [0.2, 0.25) is 0 Å². The topological polar surface area (TPSA) is 61.4 Å². The first kappa shape index (κ1) is 17.2. The number of phenols is 1. The van der Waals surface area contributed by atoms with E-state index in [0.717, 1.165) is 15.7 Å². The molecule has 1 fully saturated rings. The van der Waals surface area contributed by atoms with Gasteiger partial charge in [0, 0.05) is 20.7 Å². The van der Waals surface area contributed by atoms with Crippen LogP contribution in [0.2, 0.25) is 5.02 Å². The summed E-state index contributed by atoms with van der Waals surface area (Å²) >= 11 is 10.7. The van der Waals surface area contributed by atoms with E-state index in [0.29, 0.717) is 15.5 Å². The third-order valence-electron chi connectivity index (χ3n) is 3.49. The predicted molar refractivity (Wildman–Crippen MR) is 103 cm³/mol. The van der Waals surface area contributed by atoms with E-state index in [4.69, 9.17) is 11.6 Å². The molecular weight excluding hydrogens is 412 g/mol. The summed E-state index contributed by atoms with van der Waals surface area (Å²) in [6, 6.07) is 10.7. The number of phenolic OH excluding ortho intramolecular Hbond substituents is 1. The van der Waals surface area contributed by atoms with Crippen LogP contribution in [0.1, 0.15) is 11.1 Å². The Hall–Kier alpha value is -1.63. The molecule has 1 amide bonds. The molecule has 2 aromatic carbocycles. The Morgan fingerprint density at radius 1 is 1.33 bits per heavy atom. The van der Waals surface area contributed by atoms with Crippen molar-refractivity contribution in [2.75, 3.05) is 5.32 Å². The molecule has 1 aliphatic rings. The third kappa shape index (κ3) is 3.88. The van der Waals surface area contributed by atoms with Crippen molar-refractivity contribution in [1.82, 2.24) is 5.32 Å². The van der Waals surface area contributed by atoms with Gasteiger partial charge < -0.3 is 15.7 Å². The normalized spacial score (nSPS) is 18.7. The van der Waals surface area contributed by atoms with Crippen molar-refractivity contribution in [3.63, 3.8) is 0 Å². The molecule has 0 bridgehead atoms. The highest BCUT2D eigenvalue weighted by atomic mass is 79.9. The first-order chi connectivity index (χ1) is 11.4. The second kappa shape index (κ2) is 7.09. The van der Waals surface area contributed by atoms with Gasteiger partial charge in [0.25, 0.3) is 5.91 Å². The molecule has 4 nitrogen and oxygen atoms in total. The van der Waals surface area contributed by atoms with Crippen molar-refractivity contribution < 1.29 is 9.90 Å². The molecule has 7 heteroatoms. The van der Waals surface area contributed by atoms with Crippen LogP contribution in [-0.2, 0) is 4.79 Å². The summed E-state index contributed by atoms with van der Waals surface area (Å²) < 4.78 is 0.833. The van der Waals surface area contributed by atoms with Crippen molar-refractivity contribution in [3.05, 3.63) is 61.9 Å². The SMILES string of the molecule is Cc1ccc(Cl)cc1NC1NC(=O)/C(=C/c2cc(Br)ccc2O)S1. The number of nitrogens with one attached hydrogen (secondary N) is 2. The van der Waals surface area contributed by atoms with E-state index in [-0.39, 0.29) is 17.2 Å². The van der Waals surface area contributed by atoms with Crippen LogP contribution in [0.15, 0.2) is 45.8 Å². The Morgan fingerprint density at radius 2 is 2.12 bits per heavy atom. The van der Waals surface area contributed by atoms with Gasteiger partial charge >= 0.3 is 0 Å². The van der Waals surface area contributed by atoms with Crippen LogP contribution in [0.5, 0.6) is 5.75 Å². The van der Waals surface area contributed by atoms with E-state index in [1.807, 2.05) is 25.1 Å². The Kier molecular flexibility index (Phi) is 5.08. The average molecular weight is 426 g/mol. The fraction of sp³-hybridized carbons (Fsp3) is 0.118. The molecule has 124 valence electrons. The van der Waals surface area contributed by atoms with Gasteiger partial charge in [-0.25, -0.2) is 0 Å².